The second kappa shape index (κ2) is 7.40. The largest absolute Gasteiger partial charge is 0.381 e. The van der Waals surface area contributed by atoms with Crippen molar-refractivity contribution in [2.45, 2.75) is 45.8 Å². The van der Waals surface area contributed by atoms with Crippen LogP contribution in [0, 0.1) is 0 Å². The van der Waals surface area contributed by atoms with Crippen LogP contribution in [0.3, 0.4) is 0 Å². The molecule has 0 aromatic carbocycles. The molecule has 7 heteroatoms. The lowest BCUT2D eigenvalue weighted by Crippen LogP contribution is -2.40. The lowest BCUT2D eigenvalue weighted by atomic mass is 9.89. The Kier molecular flexibility index (Phi) is 5.55. The highest BCUT2D eigenvalue weighted by Crippen LogP contribution is 2.26. The van der Waals surface area contributed by atoms with Crippen LogP contribution in [0.4, 0.5) is 17.8 Å². The van der Waals surface area contributed by atoms with Crippen LogP contribution in [-0.2, 0) is 4.74 Å². The molecule has 0 unspecified atom stereocenters. The van der Waals surface area contributed by atoms with Crippen molar-refractivity contribution in [2.75, 3.05) is 42.3 Å². The molecule has 0 atom stereocenters. The number of aromatic nitrogens is 3. The number of anilines is 3. The lowest BCUT2D eigenvalue weighted by molar-refractivity contribution is 0.0327. The van der Waals surface area contributed by atoms with Crippen LogP contribution in [0.2, 0.25) is 0 Å². The van der Waals surface area contributed by atoms with Crippen LogP contribution in [0.25, 0.3) is 0 Å². The Morgan fingerprint density at radius 1 is 1.10 bits per heavy atom. The van der Waals surface area contributed by atoms with Gasteiger partial charge in [-0.25, -0.2) is 0 Å². The maximum Gasteiger partial charge on any atom is 0.231 e. The number of hydrogen-bond acceptors (Lipinski definition) is 7. The van der Waals surface area contributed by atoms with E-state index in [4.69, 9.17) is 4.74 Å². The molecule has 7 nitrogen and oxygen atoms in total. The third-order valence-corrected chi connectivity index (χ3v) is 3.77. The van der Waals surface area contributed by atoms with E-state index in [1.807, 2.05) is 6.92 Å². The van der Waals surface area contributed by atoms with Crippen LogP contribution in [-0.4, -0.2) is 53.8 Å². The van der Waals surface area contributed by atoms with Gasteiger partial charge >= 0.3 is 0 Å². The molecule has 2 rings (SSSR count). The van der Waals surface area contributed by atoms with Crippen LogP contribution >= 0.6 is 0 Å². The zero-order chi connectivity index (χ0) is 15.2. The van der Waals surface area contributed by atoms with Gasteiger partial charge in [0.15, 0.2) is 0 Å². The molecule has 1 saturated carbocycles. The minimum absolute atomic E-state index is 0.361. The molecular weight excluding hydrogens is 268 g/mol. The van der Waals surface area contributed by atoms with E-state index < -0.39 is 0 Å². The third kappa shape index (κ3) is 3.93. The summed E-state index contributed by atoms with van der Waals surface area (Å²) in [5.74, 6) is 1.98. The zero-order valence-electron chi connectivity index (χ0n) is 13.4. The van der Waals surface area contributed by atoms with E-state index in [9.17, 15) is 0 Å². The summed E-state index contributed by atoms with van der Waals surface area (Å²) in [4.78, 5) is 15.6. The van der Waals surface area contributed by atoms with E-state index in [2.05, 4.69) is 44.3 Å². The van der Waals surface area contributed by atoms with Gasteiger partial charge in [0.25, 0.3) is 0 Å². The van der Waals surface area contributed by atoms with Crippen molar-refractivity contribution in [3.63, 3.8) is 0 Å². The van der Waals surface area contributed by atoms with Crippen molar-refractivity contribution in [3.8, 4) is 0 Å². The van der Waals surface area contributed by atoms with Crippen molar-refractivity contribution in [3.05, 3.63) is 0 Å². The number of hydrogen-bond donors (Lipinski definition) is 2. The molecule has 2 N–H and O–H groups in total. The molecule has 118 valence electrons. The summed E-state index contributed by atoms with van der Waals surface area (Å²) in [6.45, 7) is 8.77. The van der Waals surface area contributed by atoms with Gasteiger partial charge < -0.3 is 20.3 Å². The second-order valence-corrected chi connectivity index (χ2v) is 5.16. The summed E-state index contributed by atoms with van der Waals surface area (Å²) < 4.78 is 5.30. The molecule has 1 fully saturated rings. The average molecular weight is 294 g/mol. The van der Waals surface area contributed by atoms with E-state index in [1.54, 1.807) is 7.11 Å². The smallest absolute Gasteiger partial charge is 0.231 e. The minimum atomic E-state index is 0.361. The van der Waals surface area contributed by atoms with E-state index >= 15 is 0 Å². The number of ether oxygens (including phenoxy) is 1. The Balaban J connectivity index is 2.11. The Labute approximate surface area is 126 Å². The molecule has 0 saturated heterocycles. The van der Waals surface area contributed by atoms with Crippen molar-refractivity contribution in [1.29, 1.82) is 0 Å². The van der Waals surface area contributed by atoms with Gasteiger partial charge in [-0.05, 0) is 33.6 Å². The van der Waals surface area contributed by atoms with Gasteiger partial charge in [-0.2, -0.15) is 15.0 Å². The molecule has 0 bridgehead atoms. The molecule has 0 radical (unpaired) electrons. The average Bonchev–Trinajstić information content (AvgIpc) is 2.44. The first kappa shape index (κ1) is 15.8. The quantitative estimate of drug-likeness (QED) is 0.756. The fraction of sp³-hybridized carbons (Fsp3) is 0.786. The van der Waals surface area contributed by atoms with E-state index in [1.165, 1.54) is 0 Å². The van der Waals surface area contributed by atoms with Crippen molar-refractivity contribution in [2.24, 2.45) is 0 Å². The molecule has 1 aliphatic carbocycles. The van der Waals surface area contributed by atoms with Crippen molar-refractivity contribution in [1.82, 2.24) is 15.0 Å². The van der Waals surface area contributed by atoms with Gasteiger partial charge in [0.1, 0.15) is 0 Å². The summed E-state index contributed by atoms with van der Waals surface area (Å²) in [7, 11) is 1.76. The Bertz CT molecular complexity index is 445. The summed E-state index contributed by atoms with van der Waals surface area (Å²) in [6.07, 6.45) is 2.36. The third-order valence-electron chi connectivity index (χ3n) is 3.77. The van der Waals surface area contributed by atoms with Crippen LogP contribution in [0.5, 0.6) is 0 Å². The number of rotatable bonds is 8. The fourth-order valence-corrected chi connectivity index (χ4v) is 2.37. The molecule has 1 aliphatic rings. The standard InChI is InChI=1S/C14H26N6O/c1-5-15-12-17-13(16-10-8-11(9-10)21-4)19-14(18-12)20(6-2)7-3/h10-11H,5-9H2,1-4H3,(H2,15,16,17,18,19). The summed E-state index contributed by atoms with van der Waals surface area (Å²) in [6, 6.07) is 0.386. The van der Waals surface area contributed by atoms with Gasteiger partial charge in [-0.15, -0.1) is 0 Å². The first-order chi connectivity index (χ1) is 10.2. The maximum atomic E-state index is 5.30. The molecule has 0 amide bonds. The number of nitrogens with one attached hydrogen (secondary N) is 2. The zero-order valence-corrected chi connectivity index (χ0v) is 13.4. The molecule has 1 aromatic heterocycles. The Morgan fingerprint density at radius 3 is 2.33 bits per heavy atom. The normalized spacial score (nSPS) is 20.8. The van der Waals surface area contributed by atoms with Gasteiger partial charge in [-0.1, -0.05) is 0 Å². The van der Waals surface area contributed by atoms with Gasteiger partial charge in [-0.3, -0.25) is 0 Å². The maximum absolute atomic E-state index is 5.30. The van der Waals surface area contributed by atoms with Gasteiger partial charge in [0, 0.05) is 32.8 Å². The lowest BCUT2D eigenvalue weighted by Gasteiger charge is -2.34. The molecule has 0 spiro atoms. The Morgan fingerprint density at radius 2 is 1.76 bits per heavy atom. The fourth-order valence-electron chi connectivity index (χ4n) is 2.37. The summed E-state index contributed by atoms with van der Waals surface area (Å²) in [5.41, 5.74) is 0. The van der Waals surface area contributed by atoms with E-state index in [-0.39, 0.29) is 0 Å². The van der Waals surface area contributed by atoms with Crippen LogP contribution in [0.1, 0.15) is 33.6 Å². The van der Waals surface area contributed by atoms with Crippen LogP contribution < -0.4 is 15.5 Å². The summed E-state index contributed by atoms with van der Waals surface area (Å²) in [5, 5.41) is 6.54. The SMILES string of the molecule is CCNc1nc(NC2CC(OC)C2)nc(N(CC)CC)n1. The highest BCUT2D eigenvalue weighted by atomic mass is 16.5. The molecule has 1 aromatic rings. The second-order valence-electron chi connectivity index (χ2n) is 5.16. The number of methoxy groups -OCH3 is 1. The highest BCUT2D eigenvalue weighted by Gasteiger charge is 2.29. The Hall–Kier alpha value is -1.63. The van der Waals surface area contributed by atoms with Crippen LogP contribution in [0.15, 0.2) is 0 Å². The van der Waals surface area contributed by atoms with Crippen molar-refractivity contribution >= 4 is 17.8 Å². The monoisotopic (exact) mass is 294 g/mol. The number of nitrogens with zero attached hydrogens (tertiary/aromatic N) is 4. The first-order valence-corrected chi connectivity index (χ1v) is 7.74. The van der Waals surface area contributed by atoms with Gasteiger partial charge in [0.05, 0.1) is 6.10 Å². The molecule has 21 heavy (non-hydrogen) atoms. The minimum Gasteiger partial charge on any atom is -0.381 e. The molecule has 0 aliphatic heterocycles. The first-order valence-electron chi connectivity index (χ1n) is 7.74. The predicted molar refractivity (Wildman–Crippen MR) is 85.0 cm³/mol. The van der Waals surface area contributed by atoms with E-state index in [0.717, 1.165) is 38.4 Å². The van der Waals surface area contributed by atoms with Crippen molar-refractivity contribution < 1.29 is 4.74 Å². The van der Waals surface area contributed by atoms with Gasteiger partial charge in [0.2, 0.25) is 17.8 Å². The highest BCUT2D eigenvalue weighted by molar-refractivity contribution is 5.44. The summed E-state index contributed by atoms with van der Waals surface area (Å²) >= 11 is 0. The topological polar surface area (TPSA) is 75.2 Å². The predicted octanol–water partition coefficient (Wildman–Crippen LogP) is 1.74. The van der Waals surface area contributed by atoms with E-state index in [0.29, 0.717) is 24.0 Å². The molecular formula is C14H26N6O. The molecule has 1 heterocycles.